The first kappa shape index (κ1) is 23.6. The van der Waals surface area contributed by atoms with Crippen LogP contribution in [0.25, 0.3) is 10.1 Å². The van der Waals surface area contributed by atoms with Gasteiger partial charge in [-0.25, -0.2) is 9.59 Å². The average Bonchev–Trinajstić information content (AvgIpc) is 3.22. The Morgan fingerprint density at radius 1 is 0.969 bits per heavy atom. The Morgan fingerprint density at radius 3 is 2.25 bits per heavy atom. The molecule has 0 radical (unpaired) electrons. The van der Waals surface area contributed by atoms with Crippen LogP contribution in [0.15, 0.2) is 66.7 Å². The average molecular weight is 453 g/mol. The van der Waals surface area contributed by atoms with Crippen LogP contribution >= 0.6 is 11.5 Å². The van der Waals surface area contributed by atoms with E-state index in [1.165, 1.54) is 53.7 Å². The summed E-state index contributed by atoms with van der Waals surface area (Å²) in [5.74, 6) is -1.66. The van der Waals surface area contributed by atoms with Gasteiger partial charge in [0.25, 0.3) is 0 Å². The number of aromatic nitrogens is 1. The van der Waals surface area contributed by atoms with Gasteiger partial charge in [-0.05, 0) is 67.9 Å². The van der Waals surface area contributed by atoms with E-state index in [2.05, 4.69) is 63.9 Å². The molecule has 0 saturated carbocycles. The first-order chi connectivity index (χ1) is 15.5. The molecule has 1 aliphatic heterocycles. The zero-order valence-corrected chi connectivity index (χ0v) is 18.7. The standard InChI is InChI=1S/C21H24N2S.C4H4O4/c1-2-6-18(7-3-1)16-23-14-12-17(13-15-23)10-11-20-19-8-4-5-9-21(19)24-22-20;5-3(6)1-2-4(7)8/h1-9,17H,10-16H2;1-2H,(H,5,6)(H,7,8)/b;2-1-. The molecule has 0 aliphatic carbocycles. The molecular formula is C25H28N2O4S. The van der Waals surface area contributed by atoms with Gasteiger partial charge in [-0.15, -0.1) is 0 Å². The van der Waals surface area contributed by atoms with Crippen molar-refractivity contribution >= 4 is 33.6 Å². The van der Waals surface area contributed by atoms with Crippen LogP contribution in [0.3, 0.4) is 0 Å². The fourth-order valence-electron chi connectivity index (χ4n) is 3.88. The van der Waals surface area contributed by atoms with E-state index in [9.17, 15) is 9.59 Å². The maximum Gasteiger partial charge on any atom is 0.328 e. The highest BCUT2D eigenvalue weighted by Gasteiger charge is 2.19. The summed E-state index contributed by atoms with van der Waals surface area (Å²) in [5.41, 5.74) is 2.74. The second-order valence-corrected chi connectivity index (χ2v) is 8.68. The Bertz CT molecular complexity index is 1020. The van der Waals surface area contributed by atoms with E-state index in [0.717, 1.165) is 18.9 Å². The highest BCUT2D eigenvalue weighted by atomic mass is 32.1. The fraction of sp³-hybridized carbons (Fsp3) is 0.320. The van der Waals surface area contributed by atoms with Gasteiger partial charge >= 0.3 is 11.9 Å². The van der Waals surface area contributed by atoms with Crippen LogP contribution in [-0.2, 0) is 22.6 Å². The van der Waals surface area contributed by atoms with Crippen molar-refractivity contribution in [3.05, 3.63) is 78.0 Å². The monoisotopic (exact) mass is 452 g/mol. The molecule has 3 aromatic rings. The number of piperidine rings is 1. The smallest absolute Gasteiger partial charge is 0.328 e. The van der Waals surface area contributed by atoms with Crippen molar-refractivity contribution < 1.29 is 19.8 Å². The van der Waals surface area contributed by atoms with Crippen LogP contribution in [0.5, 0.6) is 0 Å². The number of aliphatic carboxylic acids is 2. The van der Waals surface area contributed by atoms with Crippen LogP contribution in [0.4, 0.5) is 0 Å². The first-order valence-corrected chi connectivity index (χ1v) is 11.5. The summed E-state index contributed by atoms with van der Waals surface area (Å²) in [4.78, 5) is 21.7. The molecule has 0 bridgehead atoms. The van der Waals surface area contributed by atoms with Gasteiger partial charge in [-0.2, -0.15) is 4.37 Å². The van der Waals surface area contributed by atoms with Gasteiger partial charge in [0.05, 0.1) is 10.4 Å². The van der Waals surface area contributed by atoms with Crippen LogP contribution in [0, 0.1) is 5.92 Å². The summed E-state index contributed by atoms with van der Waals surface area (Å²) >= 11 is 1.64. The molecule has 168 valence electrons. The Hall–Kier alpha value is -3.03. The third kappa shape index (κ3) is 7.59. The third-order valence-corrected chi connectivity index (χ3v) is 6.43. The zero-order valence-electron chi connectivity index (χ0n) is 17.9. The van der Waals surface area contributed by atoms with E-state index in [1.807, 2.05) is 0 Å². The van der Waals surface area contributed by atoms with Gasteiger partial charge in [0.1, 0.15) is 0 Å². The number of carbonyl (C=O) groups is 2. The summed E-state index contributed by atoms with van der Waals surface area (Å²) in [7, 11) is 0. The van der Waals surface area contributed by atoms with Crippen LogP contribution in [0.2, 0.25) is 0 Å². The molecule has 1 aliphatic rings. The number of carboxylic acid groups (broad SMARTS) is 2. The van der Waals surface area contributed by atoms with E-state index in [-0.39, 0.29) is 0 Å². The molecule has 0 spiro atoms. The maximum atomic E-state index is 9.55. The lowest BCUT2D eigenvalue weighted by atomic mass is 9.91. The highest BCUT2D eigenvalue weighted by molar-refractivity contribution is 7.13. The molecule has 6 nitrogen and oxygen atoms in total. The molecule has 32 heavy (non-hydrogen) atoms. The third-order valence-electron chi connectivity index (χ3n) is 5.57. The maximum absolute atomic E-state index is 9.55. The molecule has 0 unspecified atom stereocenters. The topological polar surface area (TPSA) is 90.7 Å². The lowest BCUT2D eigenvalue weighted by Gasteiger charge is -2.32. The number of fused-ring (bicyclic) bond motifs is 1. The lowest BCUT2D eigenvalue weighted by Crippen LogP contribution is -2.33. The molecule has 2 heterocycles. The van der Waals surface area contributed by atoms with Crippen molar-refractivity contribution in [2.45, 2.75) is 32.2 Å². The van der Waals surface area contributed by atoms with Crippen molar-refractivity contribution in [2.24, 2.45) is 5.92 Å². The van der Waals surface area contributed by atoms with Crippen LogP contribution in [0.1, 0.15) is 30.5 Å². The number of nitrogens with zero attached hydrogens (tertiary/aromatic N) is 2. The number of aryl methyl sites for hydroxylation is 1. The number of hydrogen-bond acceptors (Lipinski definition) is 5. The van der Waals surface area contributed by atoms with Gasteiger partial charge in [0.2, 0.25) is 0 Å². The van der Waals surface area contributed by atoms with Gasteiger partial charge in [-0.3, -0.25) is 4.90 Å². The first-order valence-electron chi connectivity index (χ1n) is 10.7. The van der Waals surface area contributed by atoms with E-state index < -0.39 is 11.9 Å². The molecule has 1 fully saturated rings. The number of benzene rings is 2. The number of carboxylic acids is 2. The van der Waals surface area contributed by atoms with Crippen LogP contribution in [-0.4, -0.2) is 44.5 Å². The van der Waals surface area contributed by atoms with Crippen molar-refractivity contribution in [3.63, 3.8) is 0 Å². The molecule has 7 heteroatoms. The van der Waals surface area contributed by atoms with E-state index in [1.54, 1.807) is 11.5 Å². The molecular weight excluding hydrogens is 424 g/mol. The van der Waals surface area contributed by atoms with Gasteiger partial charge in [0, 0.05) is 24.1 Å². The normalized spacial score (nSPS) is 14.9. The molecule has 1 aromatic heterocycles. The molecule has 2 N–H and O–H groups in total. The van der Waals surface area contributed by atoms with E-state index >= 15 is 0 Å². The summed E-state index contributed by atoms with van der Waals surface area (Å²) in [6.45, 7) is 3.57. The molecule has 4 rings (SSSR count). The van der Waals surface area contributed by atoms with Crippen molar-refractivity contribution in [2.75, 3.05) is 13.1 Å². The van der Waals surface area contributed by atoms with Crippen molar-refractivity contribution in [1.82, 2.24) is 9.27 Å². The van der Waals surface area contributed by atoms with E-state index in [4.69, 9.17) is 10.2 Å². The Morgan fingerprint density at radius 2 is 1.59 bits per heavy atom. The minimum atomic E-state index is -1.26. The van der Waals surface area contributed by atoms with Crippen LogP contribution < -0.4 is 0 Å². The van der Waals surface area contributed by atoms with Gasteiger partial charge in [-0.1, -0.05) is 48.5 Å². The predicted octanol–water partition coefficient (Wildman–Crippen LogP) is 4.85. The Kier molecular flexibility index (Phi) is 8.95. The van der Waals surface area contributed by atoms with Crippen molar-refractivity contribution in [1.29, 1.82) is 0 Å². The van der Waals surface area contributed by atoms with Gasteiger partial charge < -0.3 is 10.2 Å². The number of hydrogen-bond donors (Lipinski definition) is 2. The zero-order chi connectivity index (χ0) is 22.8. The van der Waals surface area contributed by atoms with Crippen molar-refractivity contribution in [3.8, 4) is 0 Å². The summed E-state index contributed by atoms with van der Waals surface area (Å²) in [6.07, 6.45) is 6.19. The molecule has 1 saturated heterocycles. The fourth-order valence-corrected chi connectivity index (χ4v) is 4.70. The Labute approximate surface area is 192 Å². The summed E-state index contributed by atoms with van der Waals surface area (Å²) < 4.78 is 6.01. The minimum absolute atomic E-state index is 0.558. The number of likely N-dealkylation sites (tertiary alicyclic amines) is 1. The second kappa shape index (κ2) is 12.1. The molecule has 2 aromatic carbocycles. The van der Waals surface area contributed by atoms with Gasteiger partial charge in [0.15, 0.2) is 0 Å². The summed E-state index contributed by atoms with van der Waals surface area (Å²) in [6, 6.07) is 19.5. The molecule has 0 atom stereocenters. The predicted molar refractivity (Wildman–Crippen MR) is 127 cm³/mol. The minimum Gasteiger partial charge on any atom is -0.478 e. The SMILES string of the molecule is O=C(O)/C=C\C(=O)O.c1ccc(CN2CCC(CCc3nsc4ccccc34)CC2)cc1. The second-order valence-electron chi connectivity index (χ2n) is 7.88. The van der Waals surface area contributed by atoms with E-state index in [0.29, 0.717) is 12.2 Å². The largest absolute Gasteiger partial charge is 0.478 e. The quantitative estimate of drug-likeness (QED) is 0.498. The lowest BCUT2D eigenvalue weighted by molar-refractivity contribution is -0.134. The Balaban J connectivity index is 0.000000312. The number of rotatable bonds is 7. The molecule has 0 amide bonds. The summed E-state index contributed by atoms with van der Waals surface area (Å²) in [5, 5.41) is 17.0. The highest BCUT2D eigenvalue weighted by Crippen LogP contribution is 2.27.